The van der Waals surface area contributed by atoms with Crippen LogP contribution in [0.25, 0.3) is 5.78 Å². The van der Waals surface area contributed by atoms with Gasteiger partial charge in [0.05, 0.1) is 12.1 Å². The second-order valence-corrected chi connectivity index (χ2v) is 5.58. The van der Waals surface area contributed by atoms with Gasteiger partial charge in [0.25, 0.3) is 5.56 Å². The van der Waals surface area contributed by atoms with E-state index in [2.05, 4.69) is 10.3 Å². The van der Waals surface area contributed by atoms with Crippen LogP contribution in [-0.4, -0.2) is 20.5 Å². The second kappa shape index (κ2) is 5.27. The molecule has 0 radical (unpaired) electrons. The molecule has 1 aromatic carbocycles. The second-order valence-electron chi connectivity index (χ2n) is 5.58. The zero-order chi connectivity index (χ0) is 16.0. The van der Waals surface area contributed by atoms with Crippen LogP contribution in [0, 0.1) is 11.6 Å². The van der Waals surface area contributed by atoms with Crippen LogP contribution < -0.4 is 10.9 Å². The molecule has 1 aliphatic rings. The molecule has 0 unspecified atom stereocenters. The van der Waals surface area contributed by atoms with Gasteiger partial charge >= 0.3 is 0 Å². The first-order valence-electron chi connectivity index (χ1n) is 7.37. The Labute approximate surface area is 130 Å². The molecule has 0 aliphatic carbocycles. The molecule has 23 heavy (non-hydrogen) atoms. The molecule has 3 heterocycles. The smallest absolute Gasteiger partial charge is 0.259 e. The van der Waals surface area contributed by atoms with E-state index in [0.29, 0.717) is 17.9 Å². The molecule has 4 rings (SSSR count). The van der Waals surface area contributed by atoms with E-state index in [1.54, 1.807) is 12.4 Å². The number of nitrogens with one attached hydrogen (secondary N) is 1. The SMILES string of the molecule is O=c1c2c(n3ccnc3n1Cc1ccc(F)cc1F)CCNC2. The molecule has 0 amide bonds. The van der Waals surface area contributed by atoms with Gasteiger partial charge in [0, 0.05) is 49.2 Å². The van der Waals surface area contributed by atoms with Gasteiger partial charge in [0.1, 0.15) is 11.6 Å². The van der Waals surface area contributed by atoms with Crippen molar-refractivity contribution in [3.05, 3.63) is 69.4 Å². The van der Waals surface area contributed by atoms with Crippen LogP contribution in [0.4, 0.5) is 8.78 Å². The predicted molar refractivity (Wildman–Crippen MR) is 80.3 cm³/mol. The number of benzene rings is 1. The van der Waals surface area contributed by atoms with Crippen LogP contribution >= 0.6 is 0 Å². The first-order valence-corrected chi connectivity index (χ1v) is 7.37. The molecule has 2 aromatic heterocycles. The summed E-state index contributed by atoms with van der Waals surface area (Å²) in [6.07, 6.45) is 4.16. The highest BCUT2D eigenvalue weighted by Crippen LogP contribution is 2.16. The Bertz CT molecular complexity index is 961. The molecule has 3 aromatic rings. The number of nitrogens with zero attached hydrogens (tertiary/aromatic N) is 3. The maximum atomic E-state index is 13.9. The van der Waals surface area contributed by atoms with E-state index < -0.39 is 11.6 Å². The Balaban J connectivity index is 1.91. The number of rotatable bonds is 2. The molecule has 0 saturated carbocycles. The van der Waals surface area contributed by atoms with Crippen LogP contribution in [-0.2, 0) is 19.5 Å². The minimum atomic E-state index is -0.669. The highest BCUT2D eigenvalue weighted by atomic mass is 19.1. The fourth-order valence-corrected chi connectivity index (χ4v) is 3.06. The van der Waals surface area contributed by atoms with Gasteiger partial charge in [-0.2, -0.15) is 0 Å². The van der Waals surface area contributed by atoms with Crippen molar-refractivity contribution in [1.29, 1.82) is 0 Å². The summed E-state index contributed by atoms with van der Waals surface area (Å²) in [5.41, 5.74) is 1.68. The van der Waals surface area contributed by atoms with Gasteiger partial charge in [-0.25, -0.2) is 13.8 Å². The Morgan fingerprint density at radius 3 is 3.00 bits per heavy atom. The third-order valence-corrected chi connectivity index (χ3v) is 4.19. The number of hydrogen-bond donors (Lipinski definition) is 1. The van der Waals surface area contributed by atoms with Crippen LogP contribution in [0.3, 0.4) is 0 Å². The van der Waals surface area contributed by atoms with E-state index in [1.807, 2.05) is 4.40 Å². The molecule has 1 aliphatic heterocycles. The highest BCUT2D eigenvalue weighted by Gasteiger charge is 2.20. The minimum absolute atomic E-state index is 0.0126. The molecule has 7 heteroatoms. The zero-order valence-electron chi connectivity index (χ0n) is 12.2. The van der Waals surface area contributed by atoms with Crippen molar-refractivity contribution >= 4 is 5.78 Å². The number of imidazole rings is 1. The molecule has 0 fully saturated rings. The lowest BCUT2D eigenvalue weighted by Crippen LogP contribution is -2.36. The summed E-state index contributed by atoms with van der Waals surface area (Å²) in [7, 11) is 0. The fraction of sp³-hybridized carbons (Fsp3) is 0.250. The van der Waals surface area contributed by atoms with E-state index in [1.165, 1.54) is 16.7 Å². The largest absolute Gasteiger partial charge is 0.312 e. The van der Waals surface area contributed by atoms with Crippen molar-refractivity contribution in [2.75, 3.05) is 6.54 Å². The lowest BCUT2D eigenvalue weighted by atomic mass is 10.1. The number of hydrogen-bond acceptors (Lipinski definition) is 3. The zero-order valence-corrected chi connectivity index (χ0v) is 12.2. The average molecular weight is 316 g/mol. The maximum Gasteiger partial charge on any atom is 0.259 e. The van der Waals surface area contributed by atoms with Crippen LogP contribution in [0.15, 0.2) is 35.4 Å². The van der Waals surface area contributed by atoms with E-state index in [4.69, 9.17) is 0 Å². The maximum absolute atomic E-state index is 13.9. The average Bonchev–Trinajstić information content (AvgIpc) is 3.03. The summed E-state index contributed by atoms with van der Waals surface area (Å²) >= 11 is 0. The first kappa shape index (κ1) is 14.1. The van der Waals surface area contributed by atoms with Crippen LogP contribution in [0.5, 0.6) is 0 Å². The third kappa shape index (κ3) is 2.24. The van der Waals surface area contributed by atoms with Gasteiger partial charge in [-0.15, -0.1) is 0 Å². The molecular formula is C16H14F2N4O. The summed E-state index contributed by atoms with van der Waals surface area (Å²) in [5.74, 6) is -0.837. The van der Waals surface area contributed by atoms with Crippen LogP contribution in [0.2, 0.25) is 0 Å². The van der Waals surface area contributed by atoms with E-state index >= 15 is 0 Å². The summed E-state index contributed by atoms with van der Waals surface area (Å²) in [6.45, 7) is 1.29. The standard InChI is InChI=1S/C16H14F2N4O/c17-11-2-1-10(13(18)7-11)9-22-15(23)12-8-19-4-3-14(12)21-6-5-20-16(21)22/h1-2,5-7,19H,3-4,8-9H2. The summed E-state index contributed by atoms with van der Waals surface area (Å²) in [5, 5.41) is 3.18. The van der Waals surface area contributed by atoms with E-state index in [9.17, 15) is 13.6 Å². The van der Waals surface area contributed by atoms with Crippen molar-refractivity contribution in [2.24, 2.45) is 0 Å². The minimum Gasteiger partial charge on any atom is -0.312 e. The van der Waals surface area contributed by atoms with E-state index in [0.717, 1.165) is 24.7 Å². The Morgan fingerprint density at radius 2 is 2.17 bits per heavy atom. The number of aromatic nitrogens is 3. The molecule has 1 N–H and O–H groups in total. The lowest BCUT2D eigenvalue weighted by molar-refractivity contribution is 0.559. The number of halogens is 2. The quantitative estimate of drug-likeness (QED) is 0.779. The molecule has 0 atom stereocenters. The Hall–Kier alpha value is -2.54. The van der Waals surface area contributed by atoms with Crippen molar-refractivity contribution in [3.8, 4) is 0 Å². The topological polar surface area (TPSA) is 51.3 Å². The molecule has 0 bridgehead atoms. The summed E-state index contributed by atoms with van der Waals surface area (Å²) in [6, 6.07) is 3.36. The first-order chi connectivity index (χ1) is 11.1. The van der Waals surface area contributed by atoms with Crippen molar-refractivity contribution < 1.29 is 8.78 Å². The van der Waals surface area contributed by atoms with Gasteiger partial charge < -0.3 is 5.32 Å². The van der Waals surface area contributed by atoms with Gasteiger partial charge in [0.2, 0.25) is 5.78 Å². The Kier molecular flexibility index (Phi) is 3.23. The van der Waals surface area contributed by atoms with Gasteiger partial charge in [-0.1, -0.05) is 6.07 Å². The molecule has 0 spiro atoms. The fourth-order valence-electron chi connectivity index (χ4n) is 3.06. The van der Waals surface area contributed by atoms with Crippen molar-refractivity contribution in [3.63, 3.8) is 0 Å². The third-order valence-electron chi connectivity index (χ3n) is 4.19. The molecular weight excluding hydrogens is 302 g/mol. The number of fused-ring (bicyclic) bond motifs is 3. The van der Waals surface area contributed by atoms with Gasteiger partial charge in [0.15, 0.2) is 0 Å². The van der Waals surface area contributed by atoms with Gasteiger partial charge in [-0.3, -0.25) is 13.8 Å². The Morgan fingerprint density at radius 1 is 1.30 bits per heavy atom. The van der Waals surface area contributed by atoms with E-state index in [-0.39, 0.29) is 17.7 Å². The normalized spacial score (nSPS) is 14.2. The highest BCUT2D eigenvalue weighted by molar-refractivity contribution is 5.38. The molecule has 5 nitrogen and oxygen atoms in total. The summed E-state index contributed by atoms with van der Waals surface area (Å²) in [4.78, 5) is 17.0. The molecule has 0 saturated heterocycles. The monoisotopic (exact) mass is 316 g/mol. The lowest BCUT2D eigenvalue weighted by Gasteiger charge is -2.20. The van der Waals surface area contributed by atoms with Crippen LogP contribution in [0.1, 0.15) is 16.8 Å². The van der Waals surface area contributed by atoms with Gasteiger partial charge in [-0.05, 0) is 6.07 Å². The summed E-state index contributed by atoms with van der Waals surface area (Å²) < 4.78 is 30.3. The predicted octanol–water partition coefficient (Wildman–Crippen LogP) is 1.47. The van der Waals surface area contributed by atoms with Crippen molar-refractivity contribution in [1.82, 2.24) is 19.3 Å². The van der Waals surface area contributed by atoms with Crippen molar-refractivity contribution in [2.45, 2.75) is 19.5 Å². The molecule has 118 valence electrons.